The molecule has 0 amide bonds. The van der Waals surface area contributed by atoms with Crippen LogP contribution in [-0.2, 0) is 4.74 Å². The summed E-state index contributed by atoms with van der Waals surface area (Å²) >= 11 is 0. The molecule has 0 saturated carbocycles. The van der Waals surface area contributed by atoms with E-state index >= 15 is 0 Å². The van der Waals surface area contributed by atoms with Crippen LogP contribution in [0, 0.1) is 0 Å². The van der Waals surface area contributed by atoms with Crippen LogP contribution in [0.15, 0.2) is 16.5 Å². The number of hydrogen-bond acceptors (Lipinski definition) is 4. The second-order valence-corrected chi connectivity index (χ2v) is 3.97. The number of hydrogen-bond donors (Lipinski definition) is 1. The maximum absolute atomic E-state index is 11.4. The fourth-order valence-electron chi connectivity index (χ4n) is 0.891. The van der Waals surface area contributed by atoms with Crippen molar-refractivity contribution in [2.24, 2.45) is 0 Å². The molecule has 1 aromatic heterocycles. The van der Waals surface area contributed by atoms with Crippen LogP contribution in [0.4, 0.5) is 0 Å². The van der Waals surface area contributed by atoms with E-state index < -0.39 is 17.5 Å². The summed E-state index contributed by atoms with van der Waals surface area (Å²) < 4.78 is 9.77. The van der Waals surface area contributed by atoms with Gasteiger partial charge in [-0.3, -0.25) is 0 Å². The van der Waals surface area contributed by atoms with Gasteiger partial charge in [-0.15, -0.1) is 0 Å². The second-order valence-electron chi connectivity index (χ2n) is 3.97. The fraction of sp³-hybridized carbons (Fsp3) is 0.400. The Labute approximate surface area is 86.6 Å². The summed E-state index contributed by atoms with van der Waals surface area (Å²) in [7, 11) is 0. The number of carboxylic acids is 1. The number of esters is 1. The van der Waals surface area contributed by atoms with Gasteiger partial charge in [0.05, 0.1) is 0 Å². The summed E-state index contributed by atoms with van der Waals surface area (Å²) in [4.78, 5) is 21.9. The zero-order valence-corrected chi connectivity index (χ0v) is 8.73. The number of furan rings is 1. The van der Waals surface area contributed by atoms with Crippen molar-refractivity contribution in [3.63, 3.8) is 0 Å². The number of carbonyl (C=O) groups excluding carboxylic acids is 1. The SMILES string of the molecule is CC(C)(C)OC(=O)c1ccc(C(=O)O)o1. The van der Waals surface area contributed by atoms with Crippen LogP contribution in [-0.4, -0.2) is 22.6 Å². The van der Waals surface area contributed by atoms with Gasteiger partial charge in [0.1, 0.15) is 5.60 Å². The molecule has 0 radical (unpaired) electrons. The highest BCUT2D eigenvalue weighted by atomic mass is 16.6. The first-order valence-electron chi connectivity index (χ1n) is 4.36. The molecule has 0 saturated heterocycles. The maximum Gasteiger partial charge on any atom is 0.374 e. The Morgan fingerprint density at radius 1 is 1.27 bits per heavy atom. The summed E-state index contributed by atoms with van der Waals surface area (Å²) in [6.07, 6.45) is 0. The smallest absolute Gasteiger partial charge is 0.374 e. The van der Waals surface area contributed by atoms with Gasteiger partial charge in [0.15, 0.2) is 0 Å². The zero-order chi connectivity index (χ0) is 11.6. The van der Waals surface area contributed by atoms with Crippen LogP contribution in [0.25, 0.3) is 0 Å². The van der Waals surface area contributed by atoms with E-state index in [0.717, 1.165) is 0 Å². The molecular weight excluding hydrogens is 200 g/mol. The minimum atomic E-state index is -1.22. The zero-order valence-electron chi connectivity index (χ0n) is 8.73. The van der Waals surface area contributed by atoms with E-state index in [0.29, 0.717) is 0 Å². The molecule has 1 N–H and O–H groups in total. The first-order chi connectivity index (χ1) is 6.79. The molecule has 0 aliphatic rings. The molecule has 5 nitrogen and oxygen atoms in total. The van der Waals surface area contributed by atoms with Crippen LogP contribution in [0.3, 0.4) is 0 Å². The van der Waals surface area contributed by atoms with Crippen molar-refractivity contribution >= 4 is 11.9 Å². The molecule has 82 valence electrons. The fourth-order valence-corrected chi connectivity index (χ4v) is 0.891. The Morgan fingerprint density at radius 2 is 1.80 bits per heavy atom. The van der Waals surface area contributed by atoms with E-state index in [4.69, 9.17) is 14.3 Å². The van der Waals surface area contributed by atoms with Crippen molar-refractivity contribution in [1.82, 2.24) is 0 Å². The molecule has 0 aromatic carbocycles. The Kier molecular flexibility index (Phi) is 2.83. The molecule has 0 aliphatic carbocycles. The van der Waals surface area contributed by atoms with Crippen LogP contribution in [0.5, 0.6) is 0 Å². The van der Waals surface area contributed by atoms with E-state index in [2.05, 4.69) is 0 Å². The van der Waals surface area contributed by atoms with E-state index in [1.54, 1.807) is 20.8 Å². The molecule has 0 fully saturated rings. The molecule has 1 aromatic rings. The normalized spacial score (nSPS) is 11.1. The maximum atomic E-state index is 11.4. The summed E-state index contributed by atoms with van der Waals surface area (Å²) in [5.74, 6) is -2.28. The second kappa shape index (κ2) is 3.76. The van der Waals surface area contributed by atoms with Gasteiger partial charge in [0.2, 0.25) is 11.5 Å². The van der Waals surface area contributed by atoms with Gasteiger partial charge >= 0.3 is 11.9 Å². The number of aromatic carboxylic acids is 1. The Balaban J connectivity index is 2.79. The third-order valence-corrected chi connectivity index (χ3v) is 1.42. The van der Waals surface area contributed by atoms with Crippen molar-refractivity contribution in [1.29, 1.82) is 0 Å². The van der Waals surface area contributed by atoms with Crippen LogP contribution in [0.2, 0.25) is 0 Å². The molecule has 0 spiro atoms. The first-order valence-corrected chi connectivity index (χ1v) is 4.36. The predicted molar refractivity (Wildman–Crippen MR) is 50.8 cm³/mol. The molecule has 5 heteroatoms. The van der Waals surface area contributed by atoms with Crippen LogP contribution in [0.1, 0.15) is 41.9 Å². The van der Waals surface area contributed by atoms with E-state index in [-0.39, 0.29) is 11.5 Å². The van der Waals surface area contributed by atoms with Crippen molar-refractivity contribution in [2.75, 3.05) is 0 Å². The van der Waals surface area contributed by atoms with Crippen LogP contribution < -0.4 is 0 Å². The Bertz CT molecular complexity index is 383. The van der Waals surface area contributed by atoms with Crippen molar-refractivity contribution in [2.45, 2.75) is 26.4 Å². The largest absolute Gasteiger partial charge is 0.475 e. The summed E-state index contributed by atoms with van der Waals surface area (Å²) in [5, 5.41) is 8.57. The van der Waals surface area contributed by atoms with Gasteiger partial charge in [-0.05, 0) is 32.9 Å². The van der Waals surface area contributed by atoms with Gasteiger partial charge in [-0.1, -0.05) is 0 Å². The Morgan fingerprint density at radius 3 is 2.20 bits per heavy atom. The lowest BCUT2D eigenvalue weighted by molar-refractivity contribution is 0.00346. The molecular formula is C10H12O5. The topological polar surface area (TPSA) is 76.7 Å². The lowest BCUT2D eigenvalue weighted by atomic mass is 10.2. The molecule has 0 atom stereocenters. The van der Waals surface area contributed by atoms with E-state index in [9.17, 15) is 9.59 Å². The molecule has 0 unspecified atom stereocenters. The highest BCUT2D eigenvalue weighted by molar-refractivity contribution is 5.90. The molecule has 0 bridgehead atoms. The lowest BCUT2D eigenvalue weighted by Crippen LogP contribution is -2.23. The molecule has 15 heavy (non-hydrogen) atoms. The average molecular weight is 212 g/mol. The van der Waals surface area contributed by atoms with Gasteiger partial charge in [0, 0.05) is 0 Å². The van der Waals surface area contributed by atoms with Gasteiger partial charge in [-0.2, -0.15) is 0 Å². The van der Waals surface area contributed by atoms with Crippen molar-refractivity contribution < 1.29 is 23.8 Å². The van der Waals surface area contributed by atoms with Gasteiger partial charge < -0.3 is 14.3 Å². The predicted octanol–water partition coefficient (Wildman–Crippen LogP) is 1.93. The van der Waals surface area contributed by atoms with Crippen LogP contribution >= 0.6 is 0 Å². The third-order valence-electron chi connectivity index (χ3n) is 1.42. The molecule has 1 rings (SSSR count). The third kappa shape index (κ3) is 3.12. The quantitative estimate of drug-likeness (QED) is 0.758. The van der Waals surface area contributed by atoms with Crippen molar-refractivity contribution in [3.05, 3.63) is 23.7 Å². The highest BCUT2D eigenvalue weighted by Crippen LogP contribution is 2.14. The minimum absolute atomic E-state index is 0.109. The standard InChI is InChI=1S/C10H12O5/c1-10(2,3)15-9(13)7-5-4-6(14-7)8(11)12/h4-5H,1-3H3,(H,11,12). The van der Waals surface area contributed by atoms with Gasteiger partial charge in [0.25, 0.3) is 0 Å². The highest BCUT2D eigenvalue weighted by Gasteiger charge is 2.21. The molecule has 0 aliphatic heterocycles. The number of carboxylic acid groups (broad SMARTS) is 1. The summed E-state index contributed by atoms with van der Waals surface area (Å²) in [6.45, 7) is 5.14. The first kappa shape index (κ1) is 11.3. The van der Waals surface area contributed by atoms with E-state index in [1.165, 1.54) is 12.1 Å². The number of rotatable bonds is 2. The van der Waals surface area contributed by atoms with E-state index in [1.807, 2.05) is 0 Å². The molecule has 1 heterocycles. The van der Waals surface area contributed by atoms with Gasteiger partial charge in [-0.25, -0.2) is 9.59 Å². The minimum Gasteiger partial charge on any atom is -0.475 e. The summed E-state index contributed by atoms with van der Waals surface area (Å²) in [6, 6.07) is 2.49. The monoisotopic (exact) mass is 212 g/mol. The summed E-state index contributed by atoms with van der Waals surface area (Å²) in [5.41, 5.74) is -0.632. The lowest BCUT2D eigenvalue weighted by Gasteiger charge is -2.18. The number of ether oxygens (including phenoxy) is 1. The van der Waals surface area contributed by atoms with Crippen molar-refractivity contribution in [3.8, 4) is 0 Å². The Hall–Kier alpha value is -1.78. The average Bonchev–Trinajstić information content (AvgIpc) is 2.47. The number of carbonyl (C=O) groups is 2.